The SMILES string of the molecule is Cc1nn(-c2ccc(C(N)=O)c(NCCCOCCOCCOCCOCCOCCCNC(=O)c3ccc(C4=C(/C=C/C5=[N+](CCCCS(=O)(=O)O)c6ccc7ccccc7c6C5(C)C)CCC/C4=C\C=C4\N(CCCCS(=O)(=O)O)c5ccc6ccccc6c5C4(C)C)cc3)c2)c2c1C(=O)CC(C)(C)C2. The second-order valence-corrected chi connectivity index (χ2v) is 33.1. The van der Waals surface area contributed by atoms with E-state index >= 15 is 0 Å². The number of ether oxygens (including phenoxy) is 5. The molecule has 2 amide bonds. The minimum atomic E-state index is -4.13. The van der Waals surface area contributed by atoms with E-state index in [-0.39, 0.29) is 28.6 Å². The van der Waals surface area contributed by atoms with Gasteiger partial charge in [-0.2, -0.15) is 26.5 Å². The Kier molecular flexibility index (Phi) is 26.2. The number of aryl methyl sites for hydroxylation is 1. The summed E-state index contributed by atoms with van der Waals surface area (Å²) < 4.78 is 99.5. The Morgan fingerprint density at radius 1 is 0.645 bits per heavy atom. The number of nitrogens with zero attached hydrogens (tertiary/aromatic N) is 4. The van der Waals surface area contributed by atoms with Crippen molar-refractivity contribution in [2.75, 3.05) is 114 Å². The van der Waals surface area contributed by atoms with Crippen LogP contribution in [0.1, 0.15) is 165 Å². The smallest absolute Gasteiger partial charge is 0.264 e. The number of ketones is 1. The van der Waals surface area contributed by atoms with Gasteiger partial charge in [-0.15, -0.1) is 0 Å². The lowest BCUT2D eigenvalue weighted by Crippen LogP contribution is -2.28. The van der Waals surface area contributed by atoms with E-state index in [2.05, 4.69) is 147 Å². The Bertz CT molecular complexity index is 4820. The van der Waals surface area contributed by atoms with Crippen molar-refractivity contribution >= 4 is 87.7 Å². The molecule has 4 aliphatic rings. The fraction of sp³-hybridized carbons (Fsp3) is 0.440. The standard InChI is InChI=1S/C84H103N7O14S2/c1-58-76-72(56-82(2,3)57-73(76)92)91(88-58)65-33-34-68(80(85)93)69(55-65)86-39-17-43-101-45-47-103-49-51-105-52-50-104-48-46-102-44-18-40-87-81(94)64-27-25-63(26-28-64)77-61(31-37-74-83(4,5)78-66-23-10-8-19-59(66)29-35-70(78)89(74)41-12-14-53-106(95,96)97)21-16-22-62(77)32-38-75-84(6,7)79-67-24-11-9-20-60(67)30-36-71(79)90(75)42-13-15-54-107(98,99)100/h8-11,19-20,23-38,55H,12-18,21-22,39-54,56-57H2,1-7H3,(H5-,85,86,87,93,94,95,96,97,98,99,100)/p+1. The number of unbranched alkanes of at least 4 members (excludes halogenated alkanes) is 2. The van der Waals surface area contributed by atoms with Crippen LogP contribution in [-0.2, 0) is 61.2 Å². The number of aromatic nitrogens is 2. The second-order valence-electron chi connectivity index (χ2n) is 30.0. The summed E-state index contributed by atoms with van der Waals surface area (Å²) in [6, 6.07) is 38.5. The van der Waals surface area contributed by atoms with Gasteiger partial charge in [0.25, 0.3) is 32.1 Å². The molecule has 0 unspecified atom stereocenters. The Morgan fingerprint density at radius 3 is 1.88 bits per heavy atom. The number of amides is 2. The third kappa shape index (κ3) is 19.7. The quantitative estimate of drug-likeness (QED) is 0.0137. The van der Waals surface area contributed by atoms with E-state index in [0.29, 0.717) is 172 Å². The zero-order valence-electron chi connectivity index (χ0n) is 62.8. The first-order chi connectivity index (χ1) is 51.2. The number of anilines is 2. The van der Waals surface area contributed by atoms with Gasteiger partial charge in [0.1, 0.15) is 6.54 Å². The van der Waals surface area contributed by atoms with Gasteiger partial charge in [0.05, 0.1) is 98.0 Å². The van der Waals surface area contributed by atoms with Gasteiger partial charge < -0.3 is 45.0 Å². The highest BCUT2D eigenvalue weighted by Crippen LogP contribution is 2.52. The fourth-order valence-electron chi connectivity index (χ4n) is 15.7. The zero-order valence-corrected chi connectivity index (χ0v) is 64.5. The zero-order chi connectivity index (χ0) is 76.1. The summed E-state index contributed by atoms with van der Waals surface area (Å²) in [4.78, 5) is 41.4. The van der Waals surface area contributed by atoms with Crippen LogP contribution in [0.15, 0.2) is 156 Å². The van der Waals surface area contributed by atoms with Crippen LogP contribution in [0, 0.1) is 12.3 Å². The van der Waals surface area contributed by atoms with Crippen molar-refractivity contribution in [3.05, 3.63) is 201 Å². The molecule has 6 aromatic carbocycles. The molecule has 570 valence electrons. The molecule has 6 N–H and O–H groups in total. The average molecular weight is 1500 g/mol. The molecule has 21 nitrogen and oxygen atoms in total. The first kappa shape index (κ1) is 79.5. The number of hydrogen-bond donors (Lipinski definition) is 5. The number of nitrogens with two attached hydrogens (primary N) is 1. The monoisotopic (exact) mass is 1500 g/mol. The van der Waals surface area contributed by atoms with Crippen LogP contribution >= 0.6 is 0 Å². The molecular formula is C84H104N7O14S2+. The molecule has 3 heterocycles. The van der Waals surface area contributed by atoms with E-state index in [1.54, 1.807) is 12.1 Å². The van der Waals surface area contributed by atoms with Crippen molar-refractivity contribution in [3.63, 3.8) is 0 Å². The van der Waals surface area contributed by atoms with Gasteiger partial charge in [0.15, 0.2) is 11.5 Å². The summed E-state index contributed by atoms with van der Waals surface area (Å²) in [6.07, 6.45) is 15.6. The molecule has 0 fully saturated rings. The second kappa shape index (κ2) is 35.3. The highest BCUT2D eigenvalue weighted by atomic mass is 32.2. The molecule has 0 saturated carbocycles. The van der Waals surface area contributed by atoms with Crippen molar-refractivity contribution in [3.8, 4) is 5.69 Å². The molecule has 2 aliphatic carbocycles. The van der Waals surface area contributed by atoms with Crippen LogP contribution in [-0.4, -0.2) is 167 Å². The number of hydrogen-bond acceptors (Lipinski definition) is 15. The lowest BCUT2D eigenvalue weighted by atomic mass is 9.75. The highest BCUT2D eigenvalue weighted by Gasteiger charge is 2.46. The number of benzene rings is 6. The molecular weight excluding hydrogens is 1400 g/mol. The van der Waals surface area contributed by atoms with Crippen LogP contribution in [0.5, 0.6) is 0 Å². The van der Waals surface area contributed by atoms with Crippen molar-refractivity contribution in [2.45, 2.75) is 130 Å². The van der Waals surface area contributed by atoms with Crippen LogP contribution in [0.3, 0.4) is 0 Å². The van der Waals surface area contributed by atoms with Gasteiger partial charge in [-0.25, -0.2) is 4.68 Å². The Morgan fingerprint density at radius 2 is 1.24 bits per heavy atom. The maximum atomic E-state index is 13.8. The lowest BCUT2D eigenvalue weighted by Gasteiger charge is -2.29. The summed E-state index contributed by atoms with van der Waals surface area (Å²) >= 11 is 0. The van der Waals surface area contributed by atoms with E-state index in [0.717, 1.165) is 97.3 Å². The molecule has 23 heteroatoms. The molecule has 107 heavy (non-hydrogen) atoms. The molecule has 7 aromatic rings. The molecule has 0 saturated heterocycles. The van der Waals surface area contributed by atoms with Gasteiger partial charge in [-0.3, -0.25) is 23.5 Å². The van der Waals surface area contributed by atoms with Crippen LogP contribution in [0.2, 0.25) is 0 Å². The first-order valence-electron chi connectivity index (χ1n) is 37.5. The summed E-state index contributed by atoms with van der Waals surface area (Å²) in [5.41, 5.74) is 20.1. The fourth-order valence-corrected chi connectivity index (χ4v) is 16.8. The number of carbonyl (C=O) groups is 3. The highest BCUT2D eigenvalue weighted by molar-refractivity contribution is 7.86. The number of nitrogens with one attached hydrogen (secondary N) is 2. The first-order valence-corrected chi connectivity index (χ1v) is 40.7. The van der Waals surface area contributed by atoms with Gasteiger partial charge in [-0.05, 0) is 182 Å². The van der Waals surface area contributed by atoms with Crippen molar-refractivity contribution in [1.82, 2.24) is 15.1 Å². The van der Waals surface area contributed by atoms with Gasteiger partial charge in [0, 0.05) is 91.4 Å². The molecule has 0 atom stereocenters. The van der Waals surface area contributed by atoms with Crippen molar-refractivity contribution in [1.29, 1.82) is 0 Å². The van der Waals surface area contributed by atoms with E-state index < -0.39 is 37.0 Å². The third-order valence-corrected chi connectivity index (χ3v) is 22.3. The Labute approximate surface area is 629 Å². The van der Waals surface area contributed by atoms with Crippen molar-refractivity contribution in [2.24, 2.45) is 11.1 Å². The largest absolute Gasteiger partial charge is 0.384 e. The lowest BCUT2D eigenvalue weighted by molar-refractivity contribution is -0.438. The Hall–Kier alpha value is -8.49. The number of Topliss-reactive ketones (excluding diaryl/α,β-unsaturated/α-hetero) is 1. The molecule has 0 bridgehead atoms. The molecule has 0 spiro atoms. The summed E-state index contributed by atoms with van der Waals surface area (Å²) in [6.45, 7) is 21.2. The minimum Gasteiger partial charge on any atom is -0.384 e. The van der Waals surface area contributed by atoms with Gasteiger partial charge >= 0.3 is 0 Å². The molecule has 1 aromatic heterocycles. The summed E-state index contributed by atoms with van der Waals surface area (Å²) in [7, 11) is -8.25. The molecule has 11 rings (SSSR count). The number of primary amides is 1. The van der Waals surface area contributed by atoms with Gasteiger partial charge in [0.2, 0.25) is 5.69 Å². The van der Waals surface area contributed by atoms with Crippen LogP contribution in [0.4, 0.5) is 17.1 Å². The predicted octanol–water partition coefficient (Wildman–Crippen LogP) is 14.0. The average Bonchev–Trinajstić information content (AvgIpc) is 1.59. The molecule has 2 aliphatic heterocycles. The summed E-state index contributed by atoms with van der Waals surface area (Å²) in [5.74, 6) is -1.26. The third-order valence-electron chi connectivity index (χ3n) is 20.7. The number of allylic oxidation sites excluding steroid dienone is 8. The number of carbonyl (C=O) groups excluding carboxylic acids is 3. The number of rotatable bonds is 38. The Balaban J connectivity index is 0.661. The minimum absolute atomic E-state index is 0.101. The van der Waals surface area contributed by atoms with Gasteiger partial charge in [-0.1, -0.05) is 107 Å². The van der Waals surface area contributed by atoms with Crippen molar-refractivity contribution < 1.29 is 68.6 Å². The topological polar surface area (TPSA) is 280 Å². The maximum Gasteiger partial charge on any atom is 0.264 e. The van der Waals surface area contributed by atoms with E-state index in [1.165, 1.54) is 11.1 Å². The number of fused-ring (bicyclic) bond motifs is 7. The maximum absolute atomic E-state index is 13.8. The van der Waals surface area contributed by atoms with E-state index in [9.17, 15) is 40.3 Å². The van der Waals surface area contributed by atoms with E-state index in [4.69, 9.17) is 34.5 Å². The van der Waals surface area contributed by atoms with Crippen LogP contribution in [0.25, 0.3) is 32.8 Å². The molecule has 0 radical (unpaired) electrons. The van der Waals surface area contributed by atoms with Crippen LogP contribution < -0.4 is 21.3 Å². The predicted molar refractivity (Wildman–Crippen MR) is 422 cm³/mol. The van der Waals surface area contributed by atoms with E-state index in [1.807, 2.05) is 54.1 Å². The summed E-state index contributed by atoms with van der Waals surface area (Å²) in [5, 5.41) is 15.7. The normalized spacial score (nSPS) is 16.9.